The number of carbonyl (C=O) groups is 2. The first kappa shape index (κ1) is 21.7. The van der Waals surface area contributed by atoms with Crippen LogP contribution in [0.25, 0.3) is 0 Å². The number of nitrogens with one attached hydrogen (secondary N) is 1. The molecule has 0 aromatic carbocycles. The van der Waals surface area contributed by atoms with Crippen molar-refractivity contribution < 1.29 is 19.1 Å². The summed E-state index contributed by atoms with van der Waals surface area (Å²) in [4.78, 5) is 22.8. The molecular formula is C18H35NO4. The van der Waals surface area contributed by atoms with Gasteiger partial charge in [0.15, 0.2) is 0 Å². The Balaban J connectivity index is 3.40. The second kappa shape index (κ2) is 15.6. The van der Waals surface area contributed by atoms with E-state index in [4.69, 9.17) is 9.47 Å². The van der Waals surface area contributed by atoms with Crippen LogP contribution in [0.1, 0.15) is 85.0 Å². The monoisotopic (exact) mass is 329 g/mol. The van der Waals surface area contributed by atoms with E-state index in [9.17, 15) is 9.59 Å². The number of hydrogen-bond donors (Lipinski definition) is 1. The molecule has 136 valence electrons. The predicted octanol–water partition coefficient (Wildman–Crippen LogP) is 4.59. The lowest BCUT2D eigenvalue weighted by molar-refractivity contribution is -0.145. The van der Waals surface area contributed by atoms with Crippen molar-refractivity contribution in [1.82, 2.24) is 5.32 Å². The number of unbranched alkanes of at least 4 members (excludes halogenated alkanes) is 9. The van der Waals surface area contributed by atoms with Crippen LogP contribution in [0.3, 0.4) is 0 Å². The minimum atomic E-state index is -0.669. The van der Waals surface area contributed by atoms with Crippen LogP contribution in [0.15, 0.2) is 0 Å². The van der Waals surface area contributed by atoms with Crippen LogP contribution in [0.4, 0.5) is 4.79 Å². The van der Waals surface area contributed by atoms with Gasteiger partial charge in [-0.15, -0.1) is 0 Å². The second-order valence-electron chi connectivity index (χ2n) is 5.94. The number of carbonyl (C=O) groups excluding carboxylic acids is 2. The number of hydrogen-bond acceptors (Lipinski definition) is 4. The van der Waals surface area contributed by atoms with Crippen molar-refractivity contribution in [3.05, 3.63) is 0 Å². The standard InChI is InChI=1S/C18H35NO4/c1-4-6-7-8-9-10-11-12-13-14-15-23-17(20)16(3)19-18(21)22-5-2/h16H,4-15H2,1-3H3,(H,19,21). The Kier molecular flexibility index (Phi) is 14.8. The Morgan fingerprint density at radius 1 is 0.826 bits per heavy atom. The summed E-state index contributed by atoms with van der Waals surface area (Å²) < 4.78 is 9.86. The highest BCUT2D eigenvalue weighted by atomic mass is 16.6. The zero-order chi connectivity index (χ0) is 17.3. The van der Waals surface area contributed by atoms with Gasteiger partial charge in [0.25, 0.3) is 0 Å². The maximum absolute atomic E-state index is 11.7. The van der Waals surface area contributed by atoms with E-state index in [1.165, 1.54) is 51.4 Å². The molecule has 0 heterocycles. The van der Waals surface area contributed by atoms with Crippen LogP contribution in [0.5, 0.6) is 0 Å². The third-order valence-electron chi connectivity index (χ3n) is 3.71. The number of alkyl carbamates (subject to hydrolysis) is 1. The highest BCUT2D eigenvalue weighted by Crippen LogP contribution is 2.10. The molecular weight excluding hydrogens is 294 g/mol. The van der Waals surface area contributed by atoms with Gasteiger partial charge in [-0.05, 0) is 20.3 Å². The fourth-order valence-corrected chi connectivity index (χ4v) is 2.30. The van der Waals surface area contributed by atoms with E-state index in [-0.39, 0.29) is 6.61 Å². The largest absolute Gasteiger partial charge is 0.464 e. The molecule has 0 aliphatic carbocycles. The summed E-state index contributed by atoms with van der Waals surface area (Å²) in [6.45, 7) is 6.25. The van der Waals surface area contributed by atoms with Crippen molar-refractivity contribution in [2.75, 3.05) is 13.2 Å². The molecule has 0 bridgehead atoms. The Morgan fingerprint density at radius 3 is 1.87 bits per heavy atom. The molecule has 1 atom stereocenters. The van der Waals surface area contributed by atoms with Gasteiger partial charge in [-0.1, -0.05) is 64.7 Å². The van der Waals surface area contributed by atoms with Gasteiger partial charge in [0, 0.05) is 0 Å². The molecule has 23 heavy (non-hydrogen) atoms. The quantitative estimate of drug-likeness (QED) is 0.374. The molecule has 0 aromatic rings. The zero-order valence-corrected chi connectivity index (χ0v) is 15.2. The minimum absolute atomic E-state index is 0.284. The Hall–Kier alpha value is -1.26. The van der Waals surface area contributed by atoms with Crippen LogP contribution in [-0.4, -0.2) is 31.3 Å². The van der Waals surface area contributed by atoms with E-state index in [1.807, 2.05) is 0 Å². The molecule has 0 saturated heterocycles. The fraction of sp³-hybridized carbons (Fsp3) is 0.889. The van der Waals surface area contributed by atoms with Crippen molar-refractivity contribution in [3.8, 4) is 0 Å². The van der Waals surface area contributed by atoms with E-state index in [0.29, 0.717) is 6.61 Å². The predicted molar refractivity (Wildman–Crippen MR) is 92.4 cm³/mol. The van der Waals surface area contributed by atoms with Gasteiger partial charge >= 0.3 is 12.1 Å². The molecule has 0 aliphatic rings. The normalized spacial score (nSPS) is 11.8. The average molecular weight is 329 g/mol. The molecule has 1 N–H and O–H groups in total. The van der Waals surface area contributed by atoms with Crippen molar-refractivity contribution in [2.45, 2.75) is 91.0 Å². The maximum Gasteiger partial charge on any atom is 0.407 e. The van der Waals surface area contributed by atoms with Crippen molar-refractivity contribution in [2.24, 2.45) is 0 Å². The topological polar surface area (TPSA) is 64.6 Å². The van der Waals surface area contributed by atoms with Gasteiger partial charge < -0.3 is 14.8 Å². The zero-order valence-electron chi connectivity index (χ0n) is 15.2. The maximum atomic E-state index is 11.7. The van der Waals surface area contributed by atoms with Gasteiger partial charge in [0.1, 0.15) is 6.04 Å². The summed E-state index contributed by atoms with van der Waals surface area (Å²) >= 11 is 0. The Bertz CT molecular complexity index is 307. The van der Waals surface area contributed by atoms with E-state index in [1.54, 1.807) is 13.8 Å². The summed E-state index contributed by atoms with van der Waals surface area (Å²) in [7, 11) is 0. The summed E-state index contributed by atoms with van der Waals surface area (Å²) in [6, 6.07) is -0.669. The van der Waals surface area contributed by atoms with Crippen LogP contribution in [0, 0.1) is 0 Å². The van der Waals surface area contributed by atoms with Crippen LogP contribution in [-0.2, 0) is 14.3 Å². The van der Waals surface area contributed by atoms with Crippen LogP contribution in [0.2, 0.25) is 0 Å². The number of rotatable bonds is 14. The summed E-state index contributed by atoms with van der Waals surface area (Å²) in [5.74, 6) is -0.408. The van der Waals surface area contributed by atoms with Gasteiger partial charge in [0.05, 0.1) is 13.2 Å². The van der Waals surface area contributed by atoms with Crippen molar-refractivity contribution in [3.63, 3.8) is 0 Å². The first-order valence-electron chi connectivity index (χ1n) is 9.21. The lowest BCUT2D eigenvalue weighted by atomic mass is 10.1. The van der Waals surface area contributed by atoms with Gasteiger partial charge in [-0.25, -0.2) is 9.59 Å². The molecule has 1 amide bonds. The summed E-state index contributed by atoms with van der Waals surface area (Å²) in [5.41, 5.74) is 0. The number of esters is 1. The first-order chi connectivity index (χ1) is 11.1. The third kappa shape index (κ3) is 14.1. The van der Waals surface area contributed by atoms with Crippen molar-refractivity contribution in [1.29, 1.82) is 0 Å². The molecule has 0 aliphatic heterocycles. The van der Waals surface area contributed by atoms with Crippen LogP contribution < -0.4 is 5.32 Å². The average Bonchev–Trinajstić information content (AvgIpc) is 2.52. The van der Waals surface area contributed by atoms with E-state index in [0.717, 1.165) is 12.8 Å². The molecule has 0 spiro atoms. The SMILES string of the molecule is CCCCCCCCCCCCOC(=O)C(C)NC(=O)OCC. The lowest BCUT2D eigenvalue weighted by Crippen LogP contribution is -2.39. The molecule has 5 heteroatoms. The number of amides is 1. The molecule has 0 rings (SSSR count). The van der Waals surface area contributed by atoms with Gasteiger partial charge in [-0.3, -0.25) is 0 Å². The third-order valence-corrected chi connectivity index (χ3v) is 3.71. The van der Waals surface area contributed by atoms with Crippen LogP contribution >= 0.6 is 0 Å². The fourth-order valence-electron chi connectivity index (χ4n) is 2.30. The molecule has 0 radical (unpaired) electrons. The highest BCUT2D eigenvalue weighted by Gasteiger charge is 2.17. The van der Waals surface area contributed by atoms with Crippen molar-refractivity contribution >= 4 is 12.1 Å². The smallest absolute Gasteiger partial charge is 0.407 e. The van der Waals surface area contributed by atoms with E-state index in [2.05, 4.69) is 12.2 Å². The highest BCUT2D eigenvalue weighted by molar-refractivity contribution is 5.80. The number of ether oxygens (including phenoxy) is 2. The summed E-state index contributed by atoms with van der Waals surface area (Å²) in [5, 5.41) is 2.43. The van der Waals surface area contributed by atoms with E-state index < -0.39 is 18.1 Å². The second-order valence-corrected chi connectivity index (χ2v) is 5.94. The molecule has 0 aromatic heterocycles. The van der Waals surface area contributed by atoms with Gasteiger partial charge in [0.2, 0.25) is 0 Å². The lowest BCUT2D eigenvalue weighted by Gasteiger charge is -2.13. The van der Waals surface area contributed by atoms with Gasteiger partial charge in [-0.2, -0.15) is 0 Å². The molecule has 1 unspecified atom stereocenters. The summed E-state index contributed by atoms with van der Waals surface area (Å²) in [6.07, 6.45) is 11.9. The molecule has 0 saturated carbocycles. The molecule has 0 fully saturated rings. The Labute approximate surface area is 141 Å². The Morgan fingerprint density at radius 2 is 1.35 bits per heavy atom. The molecule has 5 nitrogen and oxygen atoms in total. The van der Waals surface area contributed by atoms with E-state index >= 15 is 0 Å². The minimum Gasteiger partial charge on any atom is -0.464 e. The first-order valence-corrected chi connectivity index (χ1v) is 9.21.